The van der Waals surface area contributed by atoms with Crippen LogP contribution in [-0.4, -0.2) is 54.2 Å². The Morgan fingerprint density at radius 3 is 1.87 bits per heavy atom. The van der Waals surface area contributed by atoms with E-state index in [2.05, 4.69) is 5.32 Å². The fraction of sp³-hybridized carbons (Fsp3) is 0.350. The van der Waals surface area contributed by atoms with Crippen molar-refractivity contribution in [1.82, 2.24) is 10.2 Å². The largest absolute Gasteiger partial charge is 0.493 e. The predicted octanol–water partition coefficient (Wildman–Crippen LogP) is 7.92. The van der Waals surface area contributed by atoms with E-state index in [-0.39, 0.29) is 75.3 Å². The summed E-state index contributed by atoms with van der Waals surface area (Å²) >= 11 is 0. The van der Waals surface area contributed by atoms with E-state index in [0.717, 1.165) is 28.2 Å². The average molecular weight is 757 g/mol. The van der Waals surface area contributed by atoms with Crippen molar-refractivity contribution in [2.45, 2.75) is 68.9 Å². The van der Waals surface area contributed by atoms with Crippen molar-refractivity contribution in [2.24, 2.45) is 0 Å². The van der Waals surface area contributed by atoms with Crippen LogP contribution >= 0.6 is 0 Å². The van der Waals surface area contributed by atoms with Gasteiger partial charge < -0.3 is 24.6 Å². The van der Waals surface area contributed by atoms with Gasteiger partial charge in [-0.3, -0.25) is 9.69 Å². The van der Waals surface area contributed by atoms with Gasteiger partial charge in [0.05, 0.1) is 6.61 Å². The molecule has 54 heavy (non-hydrogen) atoms. The molecule has 2 heterocycles. The number of ether oxygens (including phenoxy) is 3. The van der Waals surface area contributed by atoms with Gasteiger partial charge in [-0.2, -0.15) is 26.3 Å². The predicted molar refractivity (Wildman–Crippen MR) is 185 cm³/mol. The minimum absolute atomic E-state index is 0.0121. The Labute approximate surface area is 307 Å². The number of carbonyl (C=O) groups is 2. The first-order valence-corrected chi connectivity index (χ1v) is 17.4. The van der Waals surface area contributed by atoms with Crippen LogP contribution in [0.4, 0.5) is 31.1 Å². The quantitative estimate of drug-likeness (QED) is 0.0772. The van der Waals surface area contributed by atoms with Crippen molar-refractivity contribution in [3.63, 3.8) is 0 Å². The van der Waals surface area contributed by atoms with Crippen molar-refractivity contribution < 1.29 is 55.2 Å². The van der Waals surface area contributed by atoms with E-state index >= 15 is 0 Å². The number of rotatable bonds is 14. The Morgan fingerprint density at radius 2 is 1.31 bits per heavy atom. The van der Waals surface area contributed by atoms with Gasteiger partial charge in [0.25, 0.3) is 11.5 Å². The number of nitrogens with one attached hydrogen (secondary N) is 1. The summed E-state index contributed by atoms with van der Waals surface area (Å²) in [6.45, 7) is 1.63. The molecule has 0 saturated carbocycles. The van der Waals surface area contributed by atoms with Crippen LogP contribution in [-0.2, 0) is 41.6 Å². The lowest BCUT2D eigenvalue weighted by Gasteiger charge is -2.33. The van der Waals surface area contributed by atoms with Gasteiger partial charge in [-0.15, -0.1) is 0 Å². The number of amides is 3. The number of benzene rings is 4. The number of hydrogen-bond donors (Lipinski definition) is 2. The summed E-state index contributed by atoms with van der Waals surface area (Å²) in [5.41, 5.74) is -5.59. The molecule has 0 aliphatic carbocycles. The molecule has 1 saturated heterocycles. The zero-order chi connectivity index (χ0) is 38.7. The van der Waals surface area contributed by atoms with E-state index < -0.39 is 41.0 Å². The Kier molecular flexibility index (Phi) is 10.9. The first-order chi connectivity index (χ1) is 25.6. The van der Waals surface area contributed by atoms with Crippen LogP contribution in [0.25, 0.3) is 0 Å². The molecule has 2 N–H and O–H groups in total. The van der Waals surface area contributed by atoms with Crippen molar-refractivity contribution >= 4 is 11.9 Å². The van der Waals surface area contributed by atoms with Gasteiger partial charge in [0.1, 0.15) is 11.3 Å². The normalized spacial score (nSPS) is 17.2. The van der Waals surface area contributed by atoms with Crippen LogP contribution in [0.2, 0.25) is 0 Å². The molecule has 1 fully saturated rings. The number of aryl methyl sites for hydroxylation is 4. The summed E-state index contributed by atoms with van der Waals surface area (Å²) in [5.74, 6) is 0.624. The van der Waals surface area contributed by atoms with Gasteiger partial charge in [-0.25, -0.2) is 4.79 Å². The molecule has 2 aliphatic heterocycles. The number of urea groups is 1. The van der Waals surface area contributed by atoms with Crippen molar-refractivity contribution in [2.75, 3.05) is 19.9 Å². The van der Waals surface area contributed by atoms with E-state index in [1.165, 1.54) is 0 Å². The number of carbonyl (C=O) groups excluding carboxylic acids is 2. The fourth-order valence-corrected chi connectivity index (χ4v) is 6.70. The van der Waals surface area contributed by atoms with Gasteiger partial charge in [-0.1, -0.05) is 66.7 Å². The first-order valence-electron chi connectivity index (χ1n) is 17.4. The Balaban J connectivity index is 1.23. The Morgan fingerprint density at radius 1 is 0.759 bits per heavy atom. The van der Waals surface area contributed by atoms with Gasteiger partial charge in [0.2, 0.25) is 6.79 Å². The Hall–Kier alpha value is -5.24. The number of imide groups is 1. The lowest BCUT2D eigenvalue weighted by molar-refractivity contribution is -0.376. The highest BCUT2D eigenvalue weighted by Crippen LogP contribution is 2.51. The monoisotopic (exact) mass is 756 g/mol. The summed E-state index contributed by atoms with van der Waals surface area (Å²) in [7, 11) is 0. The lowest BCUT2D eigenvalue weighted by Crippen LogP contribution is -2.54. The third-order valence-electron chi connectivity index (χ3n) is 9.78. The molecule has 1 unspecified atom stereocenters. The number of alkyl halides is 6. The minimum Gasteiger partial charge on any atom is -0.493 e. The second-order valence-corrected chi connectivity index (χ2v) is 13.4. The summed E-state index contributed by atoms with van der Waals surface area (Å²) in [4.78, 5) is 27.5. The highest BCUT2D eigenvalue weighted by Gasteiger charge is 2.71. The molecule has 6 rings (SSSR count). The Bertz CT molecular complexity index is 1890. The van der Waals surface area contributed by atoms with Crippen LogP contribution in [0.1, 0.15) is 53.1 Å². The van der Waals surface area contributed by atoms with Gasteiger partial charge in [0, 0.05) is 12.1 Å². The van der Waals surface area contributed by atoms with E-state index in [1.807, 2.05) is 0 Å². The maximum Gasteiger partial charge on any atom is 0.430 e. The molecule has 1 atom stereocenters. The number of aliphatic hydroxyl groups is 1. The molecule has 0 radical (unpaired) electrons. The van der Waals surface area contributed by atoms with Crippen molar-refractivity contribution in [3.05, 3.63) is 124 Å². The number of hydrogen-bond acceptors (Lipinski definition) is 6. The lowest BCUT2D eigenvalue weighted by atomic mass is 9.86. The van der Waals surface area contributed by atoms with Crippen molar-refractivity contribution in [1.29, 1.82) is 0 Å². The zero-order valence-corrected chi connectivity index (χ0v) is 29.2. The highest BCUT2D eigenvalue weighted by molar-refractivity contribution is 6.07. The number of nitrogens with zero attached hydrogens (tertiary/aromatic N) is 1. The molecule has 286 valence electrons. The number of halogens is 6. The molecule has 14 heteroatoms. The van der Waals surface area contributed by atoms with Gasteiger partial charge >= 0.3 is 18.4 Å². The zero-order valence-electron chi connectivity index (χ0n) is 29.2. The number of unbranched alkanes of at least 4 members (excludes halogenated alkanes) is 1. The molecule has 8 nitrogen and oxygen atoms in total. The highest BCUT2D eigenvalue weighted by atomic mass is 19.4. The number of fused-ring (bicyclic) bond motifs is 1. The second kappa shape index (κ2) is 15.2. The molecule has 2 aliphatic rings. The summed E-state index contributed by atoms with van der Waals surface area (Å²) in [5, 5.41) is 13.2. The maximum atomic E-state index is 14.2. The molecule has 4 aromatic carbocycles. The fourth-order valence-electron chi connectivity index (χ4n) is 6.70. The third-order valence-corrected chi connectivity index (χ3v) is 9.78. The van der Waals surface area contributed by atoms with E-state index in [0.29, 0.717) is 17.1 Å². The van der Waals surface area contributed by atoms with Gasteiger partial charge in [-0.05, 0) is 97.5 Å². The van der Waals surface area contributed by atoms with Crippen LogP contribution in [0.5, 0.6) is 17.2 Å². The molecular weight excluding hydrogens is 718 g/mol. The summed E-state index contributed by atoms with van der Waals surface area (Å²) < 4.78 is 102. The molecule has 0 spiro atoms. The van der Waals surface area contributed by atoms with E-state index in [9.17, 15) is 41.0 Å². The summed E-state index contributed by atoms with van der Waals surface area (Å²) in [6.07, 6.45) is -11.0. The first kappa shape index (κ1) is 38.5. The second-order valence-electron chi connectivity index (χ2n) is 13.4. The molecular formula is C40H38F6N2O6. The topological polar surface area (TPSA) is 97.3 Å². The SMILES string of the molecule is CC1(c2ccc3c(c2)OCO3)NC(=O)N(CCCCOc2c(CCc3ccccc3)cc(C(O)(C(F)(F)F)C(F)(F)F)cc2CCc2ccccc2)C1=O. The molecule has 4 aromatic rings. The van der Waals surface area contributed by atoms with Crippen LogP contribution in [0.15, 0.2) is 91.0 Å². The van der Waals surface area contributed by atoms with Crippen molar-refractivity contribution in [3.8, 4) is 17.2 Å². The minimum atomic E-state index is -6.07. The average Bonchev–Trinajstić information content (AvgIpc) is 3.70. The van der Waals surface area contributed by atoms with Crippen LogP contribution in [0, 0.1) is 0 Å². The van der Waals surface area contributed by atoms with E-state index in [4.69, 9.17) is 14.2 Å². The molecule has 3 amide bonds. The maximum absolute atomic E-state index is 14.2. The smallest absolute Gasteiger partial charge is 0.430 e. The van der Waals surface area contributed by atoms with E-state index in [1.54, 1.807) is 85.8 Å². The van der Waals surface area contributed by atoms with Crippen LogP contribution in [0.3, 0.4) is 0 Å². The summed E-state index contributed by atoms with van der Waals surface area (Å²) in [6, 6.07) is 23.6. The van der Waals surface area contributed by atoms with Crippen LogP contribution < -0.4 is 19.5 Å². The van der Waals surface area contributed by atoms with Gasteiger partial charge in [0.15, 0.2) is 11.5 Å². The standard InChI is InChI=1S/C40H38F6N2O6/c1-37(30-18-19-32-33(24-30)54-25-53-32)35(49)48(36(50)47-37)20-8-9-21-52-34-28(16-14-26-10-4-2-5-11-26)22-31(38(51,39(41,42)43)40(44,45)46)23-29(34)17-15-27-12-6-3-7-13-27/h2-7,10-13,18-19,22-24,51H,8-9,14-17,20-21,25H2,1H3,(H,47,50). The molecule has 0 bridgehead atoms. The molecule has 0 aromatic heterocycles. The third kappa shape index (κ3) is 7.70.